The van der Waals surface area contributed by atoms with Crippen molar-refractivity contribution in [1.82, 2.24) is 10.2 Å². The first-order valence-electron chi connectivity index (χ1n) is 10.0. The van der Waals surface area contributed by atoms with Crippen LogP contribution in [-0.2, 0) is 16.1 Å². The number of ether oxygens (including phenoxy) is 2. The van der Waals surface area contributed by atoms with Crippen LogP contribution < -0.4 is 10.1 Å². The van der Waals surface area contributed by atoms with Gasteiger partial charge in [-0.1, -0.05) is 43.7 Å². The maximum atomic E-state index is 12.5. The van der Waals surface area contributed by atoms with Crippen LogP contribution in [0.4, 0.5) is 0 Å². The first-order chi connectivity index (χ1) is 13.7. The predicted octanol–water partition coefficient (Wildman–Crippen LogP) is 3.70. The normalized spacial score (nSPS) is 19.5. The molecule has 5 heteroatoms. The lowest BCUT2D eigenvalue weighted by Crippen LogP contribution is -2.36. The van der Waals surface area contributed by atoms with E-state index in [-0.39, 0.29) is 11.8 Å². The molecule has 150 valence electrons. The SMILES string of the molecule is CCC1CN(Cc2cccc(Oc3ccccc3)c2)CC1C(=O)NCCOC. The van der Waals surface area contributed by atoms with Crippen LogP contribution in [0.15, 0.2) is 54.6 Å². The second-order valence-corrected chi connectivity index (χ2v) is 7.32. The van der Waals surface area contributed by atoms with Crippen LogP contribution in [0.2, 0.25) is 0 Å². The van der Waals surface area contributed by atoms with E-state index >= 15 is 0 Å². The van der Waals surface area contributed by atoms with Gasteiger partial charge in [-0.05, 0) is 35.7 Å². The van der Waals surface area contributed by atoms with Crippen molar-refractivity contribution in [1.29, 1.82) is 0 Å². The molecule has 0 spiro atoms. The maximum absolute atomic E-state index is 12.5. The fraction of sp³-hybridized carbons (Fsp3) is 0.435. The molecule has 28 heavy (non-hydrogen) atoms. The number of hydrogen-bond donors (Lipinski definition) is 1. The van der Waals surface area contributed by atoms with Gasteiger partial charge in [0, 0.05) is 33.3 Å². The molecular weight excluding hydrogens is 352 g/mol. The van der Waals surface area contributed by atoms with Crippen LogP contribution in [0, 0.1) is 11.8 Å². The zero-order valence-corrected chi connectivity index (χ0v) is 16.8. The summed E-state index contributed by atoms with van der Waals surface area (Å²) in [5, 5.41) is 3.00. The number of nitrogens with zero attached hydrogens (tertiary/aromatic N) is 1. The van der Waals surface area contributed by atoms with Gasteiger partial charge in [-0.15, -0.1) is 0 Å². The molecule has 1 aliphatic rings. The van der Waals surface area contributed by atoms with Gasteiger partial charge in [0.15, 0.2) is 0 Å². The van der Waals surface area contributed by atoms with Crippen LogP contribution >= 0.6 is 0 Å². The van der Waals surface area contributed by atoms with Crippen molar-refractivity contribution in [2.24, 2.45) is 11.8 Å². The molecule has 1 aliphatic heterocycles. The van der Waals surface area contributed by atoms with E-state index in [0.29, 0.717) is 19.1 Å². The molecule has 0 saturated carbocycles. The second-order valence-electron chi connectivity index (χ2n) is 7.32. The number of nitrogens with one attached hydrogen (secondary N) is 1. The highest BCUT2D eigenvalue weighted by molar-refractivity contribution is 5.79. The van der Waals surface area contributed by atoms with Gasteiger partial charge in [-0.25, -0.2) is 0 Å². The zero-order valence-electron chi connectivity index (χ0n) is 16.8. The number of carbonyl (C=O) groups is 1. The number of benzene rings is 2. The Hall–Kier alpha value is -2.37. The van der Waals surface area contributed by atoms with Crippen LogP contribution in [-0.4, -0.2) is 44.2 Å². The minimum Gasteiger partial charge on any atom is -0.457 e. The molecule has 1 heterocycles. The van der Waals surface area contributed by atoms with Crippen molar-refractivity contribution in [2.75, 3.05) is 33.4 Å². The Morgan fingerprint density at radius 2 is 1.89 bits per heavy atom. The van der Waals surface area contributed by atoms with E-state index < -0.39 is 0 Å². The molecule has 3 rings (SSSR count). The van der Waals surface area contributed by atoms with Gasteiger partial charge in [-0.2, -0.15) is 0 Å². The summed E-state index contributed by atoms with van der Waals surface area (Å²) >= 11 is 0. The minimum absolute atomic E-state index is 0.0469. The fourth-order valence-corrected chi connectivity index (χ4v) is 3.80. The van der Waals surface area contributed by atoms with Crippen LogP contribution in [0.5, 0.6) is 11.5 Å². The predicted molar refractivity (Wildman–Crippen MR) is 110 cm³/mol. The molecule has 0 aliphatic carbocycles. The topological polar surface area (TPSA) is 50.8 Å². The van der Waals surface area contributed by atoms with Gasteiger partial charge in [0.1, 0.15) is 11.5 Å². The zero-order chi connectivity index (χ0) is 19.8. The molecular formula is C23H30N2O3. The van der Waals surface area contributed by atoms with Crippen molar-refractivity contribution < 1.29 is 14.3 Å². The number of rotatable bonds is 9. The van der Waals surface area contributed by atoms with E-state index in [9.17, 15) is 4.79 Å². The quantitative estimate of drug-likeness (QED) is 0.672. The van der Waals surface area contributed by atoms with Gasteiger partial charge >= 0.3 is 0 Å². The largest absolute Gasteiger partial charge is 0.457 e. The third kappa shape index (κ3) is 5.57. The Kier molecular flexibility index (Phi) is 7.46. The molecule has 0 radical (unpaired) electrons. The average Bonchev–Trinajstić information content (AvgIpc) is 3.12. The van der Waals surface area contributed by atoms with Gasteiger partial charge in [0.2, 0.25) is 5.91 Å². The number of likely N-dealkylation sites (tertiary alicyclic amines) is 1. The summed E-state index contributed by atoms with van der Waals surface area (Å²) in [5.74, 6) is 2.26. The number of hydrogen-bond acceptors (Lipinski definition) is 4. The van der Waals surface area contributed by atoms with E-state index in [1.54, 1.807) is 7.11 Å². The highest BCUT2D eigenvalue weighted by Crippen LogP contribution is 2.29. The number of para-hydroxylation sites is 1. The maximum Gasteiger partial charge on any atom is 0.224 e. The lowest BCUT2D eigenvalue weighted by atomic mass is 9.93. The molecule has 1 fully saturated rings. The molecule has 2 atom stereocenters. The van der Waals surface area contributed by atoms with Gasteiger partial charge < -0.3 is 14.8 Å². The fourth-order valence-electron chi connectivity index (χ4n) is 3.80. The summed E-state index contributed by atoms with van der Waals surface area (Å²) in [4.78, 5) is 14.9. The summed E-state index contributed by atoms with van der Waals surface area (Å²) in [6.45, 7) is 5.85. The molecule has 0 bridgehead atoms. The molecule has 1 saturated heterocycles. The first kappa shape index (κ1) is 20.4. The Bertz CT molecular complexity index is 751. The summed E-state index contributed by atoms with van der Waals surface area (Å²) in [6.07, 6.45) is 1.01. The molecule has 2 aromatic rings. The Labute approximate surface area is 167 Å². The first-order valence-corrected chi connectivity index (χ1v) is 10.0. The summed E-state index contributed by atoms with van der Waals surface area (Å²) in [7, 11) is 1.65. The lowest BCUT2D eigenvalue weighted by molar-refractivity contribution is -0.125. The summed E-state index contributed by atoms with van der Waals surface area (Å²) in [6, 6.07) is 18.0. The van der Waals surface area contributed by atoms with E-state index in [1.165, 1.54) is 5.56 Å². The van der Waals surface area contributed by atoms with Crippen LogP contribution in [0.25, 0.3) is 0 Å². The Morgan fingerprint density at radius 1 is 1.11 bits per heavy atom. The Morgan fingerprint density at radius 3 is 2.64 bits per heavy atom. The monoisotopic (exact) mass is 382 g/mol. The Balaban J connectivity index is 1.59. The van der Waals surface area contributed by atoms with Crippen LogP contribution in [0.1, 0.15) is 18.9 Å². The van der Waals surface area contributed by atoms with Crippen molar-refractivity contribution in [2.45, 2.75) is 19.9 Å². The van der Waals surface area contributed by atoms with Crippen molar-refractivity contribution >= 4 is 5.91 Å². The van der Waals surface area contributed by atoms with Gasteiger partial charge in [0.25, 0.3) is 0 Å². The highest BCUT2D eigenvalue weighted by atomic mass is 16.5. The molecule has 5 nitrogen and oxygen atoms in total. The number of methoxy groups -OCH3 is 1. The van der Waals surface area contributed by atoms with Crippen molar-refractivity contribution in [3.05, 3.63) is 60.2 Å². The average molecular weight is 383 g/mol. The standard InChI is InChI=1S/C23H30N2O3/c1-3-19-16-25(17-22(19)23(26)24-12-13-27-2)15-18-8-7-11-21(14-18)28-20-9-5-4-6-10-20/h4-11,14,19,22H,3,12-13,15-17H2,1-2H3,(H,24,26). The van der Waals surface area contributed by atoms with E-state index in [0.717, 1.165) is 37.6 Å². The van der Waals surface area contributed by atoms with E-state index in [1.807, 2.05) is 42.5 Å². The number of amides is 1. The van der Waals surface area contributed by atoms with E-state index in [4.69, 9.17) is 9.47 Å². The molecule has 2 aromatic carbocycles. The number of carbonyl (C=O) groups excluding carboxylic acids is 1. The minimum atomic E-state index is 0.0469. The second kappa shape index (κ2) is 10.2. The third-order valence-electron chi connectivity index (χ3n) is 5.27. The summed E-state index contributed by atoms with van der Waals surface area (Å²) in [5.41, 5.74) is 1.20. The van der Waals surface area contributed by atoms with Crippen molar-refractivity contribution in [3.8, 4) is 11.5 Å². The van der Waals surface area contributed by atoms with Crippen molar-refractivity contribution in [3.63, 3.8) is 0 Å². The van der Waals surface area contributed by atoms with E-state index in [2.05, 4.69) is 29.3 Å². The third-order valence-corrected chi connectivity index (χ3v) is 5.27. The van der Waals surface area contributed by atoms with Gasteiger partial charge in [0.05, 0.1) is 12.5 Å². The summed E-state index contributed by atoms with van der Waals surface area (Å²) < 4.78 is 11.0. The molecule has 0 aromatic heterocycles. The molecule has 1 N–H and O–H groups in total. The smallest absolute Gasteiger partial charge is 0.224 e. The lowest BCUT2D eigenvalue weighted by Gasteiger charge is -2.17. The van der Waals surface area contributed by atoms with Crippen LogP contribution in [0.3, 0.4) is 0 Å². The molecule has 1 amide bonds. The molecule has 2 unspecified atom stereocenters. The van der Waals surface area contributed by atoms with Gasteiger partial charge in [-0.3, -0.25) is 9.69 Å². The highest BCUT2D eigenvalue weighted by Gasteiger charge is 2.36.